The summed E-state index contributed by atoms with van der Waals surface area (Å²) in [5.41, 5.74) is 2.03. The van der Waals surface area contributed by atoms with Gasteiger partial charge < -0.3 is 19.7 Å². The third kappa shape index (κ3) is 8.00. The van der Waals surface area contributed by atoms with Gasteiger partial charge in [0.05, 0.1) is 24.8 Å². The molecule has 0 heterocycles. The number of hydrogen-bond donors (Lipinski definition) is 1. The van der Waals surface area contributed by atoms with Crippen LogP contribution in [0.3, 0.4) is 0 Å². The number of anilines is 1. The molecule has 10 heteroatoms. The molecule has 9 nitrogen and oxygen atoms in total. The van der Waals surface area contributed by atoms with Gasteiger partial charge in [0.2, 0.25) is 11.8 Å². The minimum absolute atomic E-state index is 0.0232. The van der Waals surface area contributed by atoms with Crippen molar-refractivity contribution in [1.29, 1.82) is 0 Å². The third-order valence-electron chi connectivity index (χ3n) is 6.57. The van der Waals surface area contributed by atoms with Gasteiger partial charge >= 0.3 is 0 Å². The van der Waals surface area contributed by atoms with E-state index < -0.39 is 28.5 Å². The van der Waals surface area contributed by atoms with Gasteiger partial charge in [-0.05, 0) is 61.7 Å². The lowest BCUT2D eigenvalue weighted by Gasteiger charge is -2.32. The van der Waals surface area contributed by atoms with Crippen LogP contribution in [0, 0.1) is 12.8 Å². The fourth-order valence-electron chi connectivity index (χ4n) is 4.27. The predicted octanol–water partition coefficient (Wildman–Crippen LogP) is 4.40. The van der Waals surface area contributed by atoms with Crippen molar-refractivity contribution in [3.05, 3.63) is 83.9 Å². The normalized spacial score (nSPS) is 12.0. The second-order valence-corrected chi connectivity index (χ2v) is 12.0. The lowest BCUT2D eigenvalue weighted by atomic mass is 10.1. The van der Waals surface area contributed by atoms with E-state index >= 15 is 0 Å². The SMILES string of the molecule is COc1ccc(S(=O)(=O)N(CC(=O)N(Cc2cccc(C)c2)[C@H](C)C(=O)NCC(C)C)c2ccccc2OC)cc1. The van der Waals surface area contributed by atoms with Crippen LogP contribution in [0.5, 0.6) is 11.5 Å². The molecule has 220 valence electrons. The predicted molar refractivity (Wildman–Crippen MR) is 160 cm³/mol. The van der Waals surface area contributed by atoms with Crippen molar-refractivity contribution in [1.82, 2.24) is 10.2 Å². The maximum absolute atomic E-state index is 14.1. The van der Waals surface area contributed by atoms with Gasteiger partial charge in [-0.3, -0.25) is 13.9 Å². The number of carbonyl (C=O) groups is 2. The van der Waals surface area contributed by atoms with E-state index in [-0.39, 0.29) is 34.7 Å². The number of sulfonamides is 1. The number of nitrogens with one attached hydrogen (secondary N) is 1. The Morgan fingerprint density at radius 2 is 1.59 bits per heavy atom. The average molecular weight is 582 g/mol. The van der Waals surface area contributed by atoms with E-state index in [2.05, 4.69) is 5.32 Å². The van der Waals surface area contributed by atoms with Gasteiger partial charge in [-0.25, -0.2) is 8.42 Å². The van der Waals surface area contributed by atoms with Crippen LogP contribution in [0.25, 0.3) is 0 Å². The molecule has 3 rings (SSSR count). The highest BCUT2D eigenvalue weighted by Crippen LogP contribution is 2.33. The lowest BCUT2D eigenvalue weighted by molar-refractivity contribution is -0.139. The van der Waals surface area contributed by atoms with E-state index in [4.69, 9.17) is 9.47 Å². The van der Waals surface area contributed by atoms with Crippen LogP contribution >= 0.6 is 0 Å². The van der Waals surface area contributed by atoms with Crippen LogP contribution < -0.4 is 19.1 Å². The zero-order valence-corrected chi connectivity index (χ0v) is 25.3. The number of rotatable bonds is 13. The molecule has 1 atom stereocenters. The highest BCUT2D eigenvalue weighted by molar-refractivity contribution is 7.92. The van der Waals surface area contributed by atoms with E-state index in [0.29, 0.717) is 12.3 Å². The van der Waals surface area contributed by atoms with E-state index in [1.54, 1.807) is 43.3 Å². The minimum Gasteiger partial charge on any atom is -0.497 e. The van der Waals surface area contributed by atoms with Crippen LogP contribution in [-0.2, 0) is 26.2 Å². The fourth-order valence-corrected chi connectivity index (χ4v) is 5.69. The molecule has 0 spiro atoms. The van der Waals surface area contributed by atoms with E-state index in [0.717, 1.165) is 15.4 Å². The molecule has 0 unspecified atom stereocenters. The Morgan fingerprint density at radius 1 is 0.902 bits per heavy atom. The maximum atomic E-state index is 14.1. The monoisotopic (exact) mass is 581 g/mol. The summed E-state index contributed by atoms with van der Waals surface area (Å²) in [5.74, 6) is 0.144. The van der Waals surface area contributed by atoms with Gasteiger partial charge in [0.1, 0.15) is 24.1 Å². The van der Waals surface area contributed by atoms with Crippen molar-refractivity contribution in [2.75, 3.05) is 31.6 Å². The summed E-state index contributed by atoms with van der Waals surface area (Å²) in [6.45, 7) is 7.58. The molecule has 0 radical (unpaired) electrons. The molecular formula is C31H39N3O6S. The molecule has 0 saturated heterocycles. The van der Waals surface area contributed by atoms with Crippen molar-refractivity contribution in [3.63, 3.8) is 0 Å². The molecule has 0 aliphatic rings. The van der Waals surface area contributed by atoms with Gasteiger partial charge in [0.25, 0.3) is 10.0 Å². The highest BCUT2D eigenvalue weighted by Gasteiger charge is 2.33. The number of hydrogen-bond acceptors (Lipinski definition) is 6. The van der Waals surface area contributed by atoms with E-state index in [9.17, 15) is 18.0 Å². The molecular weight excluding hydrogens is 542 g/mol. The smallest absolute Gasteiger partial charge is 0.264 e. The summed E-state index contributed by atoms with van der Waals surface area (Å²) >= 11 is 0. The largest absolute Gasteiger partial charge is 0.497 e. The standard InChI is InChI=1S/C31H39N3O6S/c1-22(2)19-32-31(36)24(4)33(20-25-11-9-10-23(3)18-25)30(35)21-34(28-12-7-8-13-29(28)40-6)41(37,38)27-16-14-26(39-5)15-17-27/h7-18,22,24H,19-21H2,1-6H3,(H,32,36)/t24-/m1/s1. The highest BCUT2D eigenvalue weighted by atomic mass is 32.2. The van der Waals surface area contributed by atoms with Gasteiger partial charge in [-0.2, -0.15) is 0 Å². The topological polar surface area (TPSA) is 105 Å². The second-order valence-electron chi connectivity index (χ2n) is 10.2. The Morgan fingerprint density at radius 3 is 2.20 bits per heavy atom. The minimum atomic E-state index is -4.24. The van der Waals surface area contributed by atoms with Gasteiger partial charge in [0, 0.05) is 13.1 Å². The summed E-state index contributed by atoms with van der Waals surface area (Å²) in [6, 6.07) is 19.3. The molecule has 0 fully saturated rings. The number of carbonyl (C=O) groups excluding carboxylic acids is 2. The van der Waals surface area contributed by atoms with Crippen molar-refractivity contribution in [3.8, 4) is 11.5 Å². The lowest BCUT2D eigenvalue weighted by Crippen LogP contribution is -2.51. The van der Waals surface area contributed by atoms with Crippen LogP contribution in [-0.4, -0.2) is 58.5 Å². The number of nitrogens with zero attached hydrogens (tertiary/aromatic N) is 2. The number of ether oxygens (including phenoxy) is 2. The zero-order valence-electron chi connectivity index (χ0n) is 24.5. The molecule has 41 heavy (non-hydrogen) atoms. The van der Waals surface area contributed by atoms with Gasteiger partial charge in [0.15, 0.2) is 0 Å². The number of benzene rings is 3. The number of para-hydroxylation sites is 2. The van der Waals surface area contributed by atoms with Gasteiger partial charge in [-0.15, -0.1) is 0 Å². The van der Waals surface area contributed by atoms with Crippen LogP contribution in [0.2, 0.25) is 0 Å². The first-order valence-electron chi connectivity index (χ1n) is 13.4. The Kier molecular flexibility index (Phi) is 10.8. The summed E-state index contributed by atoms with van der Waals surface area (Å²) in [7, 11) is -1.31. The number of methoxy groups -OCH3 is 2. The molecule has 0 aliphatic heterocycles. The quantitative estimate of drug-likeness (QED) is 0.321. The molecule has 3 aromatic rings. The number of amides is 2. The van der Waals surface area contributed by atoms with Crippen molar-refractivity contribution >= 4 is 27.5 Å². The molecule has 3 aromatic carbocycles. The van der Waals surface area contributed by atoms with Crippen LogP contribution in [0.1, 0.15) is 31.9 Å². The fraction of sp³-hybridized carbons (Fsp3) is 0.355. The number of aryl methyl sites for hydroxylation is 1. The Hall–Kier alpha value is -4.05. The van der Waals surface area contributed by atoms with Crippen molar-refractivity contribution in [2.24, 2.45) is 5.92 Å². The molecule has 0 bridgehead atoms. The third-order valence-corrected chi connectivity index (χ3v) is 8.34. The Balaban J connectivity index is 2.05. The molecule has 0 aliphatic carbocycles. The van der Waals surface area contributed by atoms with E-state index in [1.807, 2.05) is 45.0 Å². The molecule has 0 aromatic heterocycles. The van der Waals surface area contributed by atoms with Gasteiger partial charge in [-0.1, -0.05) is 55.8 Å². The van der Waals surface area contributed by atoms with Crippen LogP contribution in [0.15, 0.2) is 77.7 Å². The molecule has 1 N–H and O–H groups in total. The summed E-state index contributed by atoms with van der Waals surface area (Å²) < 4.78 is 39.7. The summed E-state index contributed by atoms with van der Waals surface area (Å²) in [5, 5.41) is 2.89. The van der Waals surface area contributed by atoms with Crippen molar-refractivity contribution < 1.29 is 27.5 Å². The first kappa shape index (κ1) is 31.5. The zero-order chi connectivity index (χ0) is 30.2. The molecule has 0 saturated carbocycles. The van der Waals surface area contributed by atoms with Crippen LogP contribution in [0.4, 0.5) is 5.69 Å². The maximum Gasteiger partial charge on any atom is 0.264 e. The average Bonchev–Trinajstić information content (AvgIpc) is 2.96. The summed E-state index contributed by atoms with van der Waals surface area (Å²) in [6.07, 6.45) is 0. The Labute approximate surface area is 243 Å². The van der Waals surface area contributed by atoms with E-state index in [1.165, 1.54) is 31.3 Å². The summed E-state index contributed by atoms with van der Waals surface area (Å²) in [4.78, 5) is 28.6. The molecule has 2 amide bonds. The first-order chi connectivity index (χ1) is 19.5. The first-order valence-corrected chi connectivity index (χ1v) is 14.8. The van der Waals surface area contributed by atoms with Crippen molar-refractivity contribution in [2.45, 2.75) is 45.2 Å². The Bertz CT molecular complexity index is 1440. The second kappa shape index (κ2) is 14.0.